The molecule has 30 heavy (non-hydrogen) atoms. The molecule has 0 spiro atoms. The summed E-state index contributed by atoms with van der Waals surface area (Å²) in [6, 6.07) is 4.49. The largest absolute Gasteiger partial charge is 0.573 e. The van der Waals surface area contributed by atoms with Crippen LogP contribution in [0.15, 0.2) is 28.8 Å². The number of ether oxygens (including phenoxy) is 2. The minimum absolute atomic E-state index is 0.0356. The van der Waals surface area contributed by atoms with Crippen molar-refractivity contribution < 1.29 is 36.4 Å². The second kappa shape index (κ2) is 9.33. The Morgan fingerprint density at radius 1 is 1.30 bits per heavy atom. The fourth-order valence-electron chi connectivity index (χ4n) is 3.24. The molecule has 3 rings (SSSR count). The van der Waals surface area contributed by atoms with Gasteiger partial charge in [-0.25, -0.2) is 4.39 Å². The zero-order chi connectivity index (χ0) is 21.7. The fourth-order valence-corrected chi connectivity index (χ4v) is 3.24. The van der Waals surface area contributed by atoms with Crippen molar-refractivity contribution >= 4 is 11.8 Å². The van der Waals surface area contributed by atoms with Gasteiger partial charge >= 0.3 is 6.36 Å². The molecule has 2 heterocycles. The monoisotopic (exact) mass is 431 g/mol. The highest BCUT2D eigenvalue weighted by Crippen LogP contribution is 2.30. The first-order valence-corrected chi connectivity index (χ1v) is 9.31. The SMILES string of the molecule is COCCNc1cc(C2CCN(C(=O)c3ccc(OC(F)(F)F)c(F)c3)CC2)no1. The number of hydrogen-bond donors (Lipinski definition) is 1. The van der Waals surface area contributed by atoms with Crippen LogP contribution in [0.4, 0.5) is 23.4 Å². The van der Waals surface area contributed by atoms with Crippen molar-refractivity contribution in [2.24, 2.45) is 0 Å². The lowest BCUT2D eigenvalue weighted by atomic mass is 9.93. The summed E-state index contributed by atoms with van der Waals surface area (Å²) >= 11 is 0. The van der Waals surface area contributed by atoms with Crippen molar-refractivity contribution in [2.45, 2.75) is 25.1 Å². The first kappa shape index (κ1) is 21.9. The summed E-state index contributed by atoms with van der Waals surface area (Å²) in [7, 11) is 1.60. The highest BCUT2D eigenvalue weighted by atomic mass is 19.4. The molecule has 0 atom stereocenters. The summed E-state index contributed by atoms with van der Waals surface area (Å²) in [6.45, 7) is 1.93. The van der Waals surface area contributed by atoms with E-state index in [1.807, 2.05) is 6.07 Å². The maximum atomic E-state index is 13.9. The van der Waals surface area contributed by atoms with Crippen LogP contribution in [-0.2, 0) is 4.74 Å². The number of rotatable bonds is 7. The van der Waals surface area contributed by atoms with Crippen molar-refractivity contribution in [1.82, 2.24) is 10.1 Å². The maximum absolute atomic E-state index is 13.9. The van der Waals surface area contributed by atoms with Crippen molar-refractivity contribution in [1.29, 1.82) is 0 Å². The molecule has 1 aromatic carbocycles. The Labute approximate surface area is 169 Å². The molecule has 11 heteroatoms. The Bertz CT molecular complexity index is 864. The third-order valence-electron chi connectivity index (χ3n) is 4.74. The molecule has 2 aromatic rings. The predicted molar refractivity (Wildman–Crippen MR) is 97.8 cm³/mol. The molecule has 0 bridgehead atoms. The average Bonchev–Trinajstić information content (AvgIpc) is 3.17. The molecule has 1 amide bonds. The van der Waals surface area contributed by atoms with E-state index in [0.717, 1.165) is 23.9 Å². The van der Waals surface area contributed by atoms with Crippen LogP contribution in [0, 0.1) is 5.82 Å². The summed E-state index contributed by atoms with van der Waals surface area (Å²) in [5.74, 6) is -2.02. The van der Waals surface area contributed by atoms with Crippen molar-refractivity contribution in [3.8, 4) is 5.75 Å². The van der Waals surface area contributed by atoms with Crippen LogP contribution < -0.4 is 10.1 Å². The molecular weight excluding hydrogens is 410 g/mol. The van der Waals surface area contributed by atoms with Crippen molar-refractivity contribution in [2.75, 3.05) is 38.7 Å². The Balaban J connectivity index is 1.56. The number of carbonyl (C=O) groups excluding carboxylic acids is 1. The van der Waals surface area contributed by atoms with E-state index in [2.05, 4.69) is 15.2 Å². The molecule has 0 saturated carbocycles. The highest BCUT2D eigenvalue weighted by molar-refractivity contribution is 5.94. The van der Waals surface area contributed by atoms with Gasteiger partial charge in [-0.2, -0.15) is 0 Å². The summed E-state index contributed by atoms with van der Waals surface area (Å²) in [5.41, 5.74) is 0.744. The van der Waals surface area contributed by atoms with Gasteiger partial charge in [0.15, 0.2) is 11.6 Å². The normalized spacial score (nSPS) is 15.3. The Kier molecular flexibility index (Phi) is 6.80. The number of anilines is 1. The smallest absolute Gasteiger partial charge is 0.403 e. The number of benzene rings is 1. The molecule has 164 valence electrons. The molecule has 1 fully saturated rings. The van der Waals surface area contributed by atoms with Gasteiger partial charge in [-0.3, -0.25) is 4.79 Å². The molecule has 1 aliphatic rings. The predicted octanol–water partition coefficient (Wildman–Crippen LogP) is 3.79. The van der Waals surface area contributed by atoms with E-state index in [1.165, 1.54) is 4.90 Å². The third kappa shape index (κ3) is 5.62. The van der Waals surface area contributed by atoms with Gasteiger partial charge in [0.05, 0.1) is 12.3 Å². The number of nitrogens with one attached hydrogen (secondary N) is 1. The van der Waals surface area contributed by atoms with Gasteiger partial charge in [-0.15, -0.1) is 13.2 Å². The maximum Gasteiger partial charge on any atom is 0.573 e. The van der Waals surface area contributed by atoms with Crippen LogP contribution in [0.5, 0.6) is 5.75 Å². The first-order chi connectivity index (χ1) is 14.3. The summed E-state index contributed by atoms with van der Waals surface area (Å²) < 4.78 is 64.4. The van der Waals surface area contributed by atoms with Gasteiger partial charge < -0.3 is 24.2 Å². The summed E-state index contributed by atoms with van der Waals surface area (Å²) in [5, 5.41) is 7.10. The molecule has 1 aliphatic heterocycles. The van der Waals surface area contributed by atoms with E-state index in [4.69, 9.17) is 9.26 Å². The fraction of sp³-hybridized carbons (Fsp3) is 0.474. The van der Waals surface area contributed by atoms with Crippen LogP contribution >= 0.6 is 0 Å². The van der Waals surface area contributed by atoms with Gasteiger partial charge in [0.25, 0.3) is 5.91 Å². The van der Waals surface area contributed by atoms with Crippen molar-refractivity contribution in [3.63, 3.8) is 0 Å². The van der Waals surface area contributed by atoms with E-state index < -0.39 is 23.8 Å². The van der Waals surface area contributed by atoms with E-state index >= 15 is 0 Å². The molecule has 1 saturated heterocycles. The number of piperidine rings is 1. The second-order valence-corrected chi connectivity index (χ2v) is 6.80. The number of nitrogens with zero attached hydrogens (tertiary/aromatic N) is 2. The van der Waals surface area contributed by atoms with Gasteiger partial charge in [0.1, 0.15) is 0 Å². The third-order valence-corrected chi connectivity index (χ3v) is 4.74. The van der Waals surface area contributed by atoms with Crippen LogP contribution in [0.3, 0.4) is 0 Å². The van der Waals surface area contributed by atoms with E-state index in [1.54, 1.807) is 7.11 Å². The molecule has 7 nitrogen and oxygen atoms in total. The number of carbonyl (C=O) groups is 1. The van der Waals surface area contributed by atoms with Crippen LogP contribution in [0.2, 0.25) is 0 Å². The number of aromatic nitrogens is 1. The lowest BCUT2D eigenvalue weighted by molar-refractivity contribution is -0.275. The Hall–Kier alpha value is -2.82. The van der Waals surface area contributed by atoms with Crippen LogP contribution in [-0.4, -0.2) is 55.7 Å². The second-order valence-electron chi connectivity index (χ2n) is 6.80. The molecular formula is C19H21F4N3O4. The quantitative estimate of drug-likeness (QED) is 0.531. The Morgan fingerprint density at radius 2 is 2.03 bits per heavy atom. The number of amides is 1. The summed E-state index contributed by atoms with van der Waals surface area (Å²) in [6.07, 6.45) is -3.74. The molecule has 0 unspecified atom stereocenters. The van der Waals surface area contributed by atoms with E-state index in [9.17, 15) is 22.4 Å². The summed E-state index contributed by atoms with van der Waals surface area (Å²) in [4.78, 5) is 14.1. The number of methoxy groups -OCH3 is 1. The standard InChI is InChI=1S/C19H21F4N3O4/c1-28-9-6-24-17-11-15(25-30-17)12-4-7-26(8-5-12)18(27)13-2-3-16(14(20)10-13)29-19(21,22)23/h2-3,10-12,24H,4-9H2,1H3. The lowest BCUT2D eigenvalue weighted by Gasteiger charge is -2.31. The topological polar surface area (TPSA) is 76.8 Å². The number of hydrogen-bond acceptors (Lipinski definition) is 6. The minimum atomic E-state index is -5.01. The zero-order valence-corrected chi connectivity index (χ0v) is 16.2. The first-order valence-electron chi connectivity index (χ1n) is 9.31. The molecule has 0 radical (unpaired) electrons. The Morgan fingerprint density at radius 3 is 2.67 bits per heavy atom. The molecule has 1 N–H and O–H groups in total. The lowest BCUT2D eigenvalue weighted by Crippen LogP contribution is -2.38. The van der Waals surface area contributed by atoms with Gasteiger partial charge in [0.2, 0.25) is 5.88 Å². The van der Waals surface area contributed by atoms with Gasteiger partial charge in [0, 0.05) is 44.3 Å². The minimum Gasteiger partial charge on any atom is -0.403 e. The van der Waals surface area contributed by atoms with Crippen LogP contribution in [0.25, 0.3) is 0 Å². The highest BCUT2D eigenvalue weighted by Gasteiger charge is 2.33. The van der Waals surface area contributed by atoms with Crippen molar-refractivity contribution in [3.05, 3.63) is 41.3 Å². The molecule has 1 aromatic heterocycles. The zero-order valence-electron chi connectivity index (χ0n) is 16.2. The van der Waals surface area contributed by atoms with Gasteiger partial charge in [-0.1, -0.05) is 5.16 Å². The van der Waals surface area contributed by atoms with Crippen LogP contribution in [0.1, 0.15) is 34.8 Å². The number of alkyl halides is 3. The average molecular weight is 431 g/mol. The van der Waals surface area contributed by atoms with E-state index in [0.29, 0.717) is 45.0 Å². The van der Waals surface area contributed by atoms with E-state index in [-0.39, 0.29) is 11.5 Å². The number of halogens is 4. The number of likely N-dealkylation sites (tertiary alicyclic amines) is 1. The van der Waals surface area contributed by atoms with Gasteiger partial charge in [-0.05, 0) is 31.0 Å². The molecule has 0 aliphatic carbocycles.